The molecule has 0 aromatic rings. The predicted molar refractivity (Wildman–Crippen MR) is 52.7 cm³/mol. The lowest BCUT2D eigenvalue weighted by Gasteiger charge is -1.99. The molecular formula is C11H20. The van der Waals surface area contributed by atoms with E-state index in [-0.39, 0.29) is 0 Å². The lowest BCUT2D eigenvalue weighted by atomic mass is 10.1. The minimum absolute atomic E-state index is 1.20. The van der Waals surface area contributed by atoms with E-state index in [1.807, 2.05) is 0 Å². The van der Waals surface area contributed by atoms with E-state index in [9.17, 15) is 0 Å². The first-order chi connectivity index (χ1) is 5.20. The Morgan fingerprint density at radius 1 is 1.27 bits per heavy atom. The summed E-state index contributed by atoms with van der Waals surface area (Å²) in [5.74, 6) is 0. The van der Waals surface area contributed by atoms with Crippen molar-refractivity contribution in [2.75, 3.05) is 0 Å². The molecule has 0 N–H and O–H groups in total. The van der Waals surface area contributed by atoms with E-state index in [1.54, 1.807) is 5.57 Å². The zero-order valence-corrected chi connectivity index (χ0v) is 8.28. The van der Waals surface area contributed by atoms with Gasteiger partial charge in [0.05, 0.1) is 0 Å². The van der Waals surface area contributed by atoms with Crippen LogP contribution in [-0.2, 0) is 0 Å². The maximum Gasteiger partial charge on any atom is -0.0286 e. The first-order valence-electron chi connectivity index (χ1n) is 4.48. The Balaban J connectivity index is 3.61. The van der Waals surface area contributed by atoms with Crippen molar-refractivity contribution in [2.24, 2.45) is 0 Å². The molecule has 0 radical (unpaired) electrons. The summed E-state index contributed by atoms with van der Waals surface area (Å²) < 4.78 is 0. The summed E-state index contributed by atoms with van der Waals surface area (Å²) in [6.45, 7) is 8.65. The lowest BCUT2D eigenvalue weighted by molar-refractivity contribution is 0.899. The van der Waals surface area contributed by atoms with E-state index in [0.717, 1.165) is 0 Å². The summed E-state index contributed by atoms with van der Waals surface area (Å²) in [7, 11) is 0. The molecule has 0 spiro atoms. The maximum atomic E-state index is 2.30. The van der Waals surface area contributed by atoms with Crippen molar-refractivity contribution in [1.29, 1.82) is 0 Å². The van der Waals surface area contributed by atoms with Gasteiger partial charge >= 0.3 is 0 Å². The Bertz CT molecular complexity index is 145. The topological polar surface area (TPSA) is 0 Å². The normalized spacial score (nSPS) is 11.5. The van der Waals surface area contributed by atoms with E-state index in [4.69, 9.17) is 0 Å². The van der Waals surface area contributed by atoms with Crippen molar-refractivity contribution in [3.05, 3.63) is 23.3 Å². The molecule has 0 aliphatic heterocycles. The van der Waals surface area contributed by atoms with Crippen LogP contribution in [0.1, 0.15) is 47.0 Å². The van der Waals surface area contributed by atoms with Crippen LogP contribution in [0.4, 0.5) is 0 Å². The Hall–Kier alpha value is -0.520. The summed E-state index contributed by atoms with van der Waals surface area (Å²) in [6, 6.07) is 0. The van der Waals surface area contributed by atoms with Crippen molar-refractivity contribution in [3.63, 3.8) is 0 Å². The molecule has 0 aliphatic carbocycles. The van der Waals surface area contributed by atoms with Crippen LogP contribution in [0.25, 0.3) is 0 Å². The highest BCUT2D eigenvalue weighted by molar-refractivity contribution is 5.02. The van der Waals surface area contributed by atoms with Crippen LogP contribution < -0.4 is 0 Å². The molecule has 11 heavy (non-hydrogen) atoms. The minimum Gasteiger partial charge on any atom is -0.0885 e. The Morgan fingerprint density at radius 2 is 1.91 bits per heavy atom. The molecule has 0 bridgehead atoms. The van der Waals surface area contributed by atoms with Gasteiger partial charge in [0.25, 0.3) is 0 Å². The highest BCUT2D eigenvalue weighted by Gasteiger charge is 1.89. The second kappa shape index (κ2) is 6.21. The Kier molecular flexibility index (Phi) is 5.91. The monoisotopic (exact) mass is 152 g/mol. The number of allylic oxidation sites excluding steroid dienone is 4. The van der Waals surface area contributed by atoms with Gasteiger partial charge in [-0.1, -0.05) is 30.2 Å². The fourth-order valence-electron chi connectivity index (χ4n) is 1.07. The molecule has 0 saturated heterocycles. The van der Waals surface area contributed by atoms with Crippen LogP contribution in [0, 0.1) is 0 Å². The van der Waals surface area contributed by atoms with Crippen LogP contribution in [0.2, 0.25) is 0 Å². The summed E-state index contributed by atoms with van der Waals surface area (Å²) in [5, 5.41) is 0. The van der Waals surface area contributed by atoms with Crippen molar-refractivity contribution in [3.8, 4) is 0 Å². The Labute approximate surface area is 71.0 Å². The number of hydrogen-bond donors (Lipinski definition) is 0. The molecule has 0 rings (SSSR count). The van der Waals surface area contributed by atoms with Crippen molar-refractivity contribution >= 4 is 0 Å². The average Bonchev–Trinajstić information content (AvgIpc) is 1.98. The van der Waals surface area contributed by atoms with Crippen molar-refractivity contribution in [2.45, 2.75) is 47.0 Å². The van der Waals surface area contributed by atoms with Gasteiger partial charge in [0.1, 0.15) is 0 Å². The molecule has 0 aliphatic rings. The largest absolute Gasteiger partial charge is 0.0885 e. The average molecular weight is 152 g/mol. The van der Waals surface area contributed by atoms with E-state index in [2.05, 4.69) is 39.8 Å². The first-order valence-corrected chi connectivity index (χ1v) is 4.48. The Morgan fingerprint density at radius 3 is 2.27 bits per heavy atom. The van der Waals surface area contributed by atoms with Gasteiger partial charge in [0.2, 0.25) is 0 Å². The van der Waals surface area contributed by atoms with Gasteiger partial charge in [-0.2, -0.15) is 0 Å². The van der Waals surface area contributed by atoms with Gasteiger partial charge in [0, 0.05) is 0 Å². The predicted octanol–water partition coefficient (Wildman–Crippen LogP) is 4.09. The molecule has 0 heterocycles. The standard InChI is InChI=1S/C11H20/c1-5-11(6-2)9-7-8-10(3)4/h5,8H,6-7,9H2,1-4H3/b11-5+. The molecule has 0 nitrogen and oxygen atoms in total. The zero-order chi connectivity index (χ0) is 8.69. The van der Waals surface area contributed by atoms with E-state index in [0.29, 0.717) is 0 Å². The number of rotatable bonds is 4. The summed E-state index contributed by atoms with van der Waals surface area (Å²) in [5.41, 5.74) is 3.00. The molecule has 0 aromatic carbocycles. The third kappa shape index (κ3) is 5.90. The third-order valence-electron chi connectivity index (χ3n) is 1.88. The highest BCUT2D eigenvalue weighted by Crippen LogP contribution is 2.10. The minimum atomic E-state index is 1.20. The molecule has 0 fully saturated rings. The summed E-state index contributed by atoms with van der Waals surface area (Å²) in [4.78, 5) is 0. The van der Waals surface area contributed by atoms with Crippen LogP contribution in [-0.4, -0.2) is 0 Å². The third-order valence-corrected chi connectivity index (χ3v) is 1.88. The SMILES string of the molecule is C/C=C(\CC)CCC=C(C)C. The van der Waals surface area contributed by atoms with Gasteiger partial charge < -0.3 is 0 Å². The van der Waals surface area contributed by atoms with E-state index in [1.165, 1.54) is 24.8 Å². The fraction of sp³-hybridized carbons (Fsp3) is 0.636. The zero-order valence-electron chi connectivity index (χ0n) is 8.28. The number of hydrogen-bond acceptors (Lipinski definition) is 0. The molecule has 0 saturated carbocycles. The van der Waals surface area contributed by atoms with E-state index < -0.39 is 0 Å². The second-order valence-electron chi connectivity index (χ2n) is 3.12. The van der Waals surface area contributed by atoms with Gasteiger partial charge in [-0.15, -0.1) is 0 Å². The second-order valence-corrected chi connectivity index (χ2v) is 3.12. The molecule has 64 valence electrons. The van der Waals surface area contributed by atoms with Gasteiger partial charge in [-0.3, -0.25) is 0 Å². The molecule has 0 amide bonds. The molecule has 0 atom stereocenters. The van der Waals surface area contributed by atoms with Gasteiger partial charge in [0.15, 0.2) is 0 Å². The molecule has 0 heteroatoms. The van der Waals surface area contributed by atoms with Gasteiger partial charge in [-0.05, 0) is 40.0 Å². The molecule has 0 unspecified atom stereocenters. The molecular weight excluding hydrogens is 132 g/mol. The summed E-state index contributed by atoms with van der Waals surface area (Å²) >= 11 is 0. The quantitative estimate of drug-likeness (QED) is 0.532. The highest BCUT2D eigenvalue weighted by atomic mass is 14.0. The molecule has 0 aromatic heterocycles. The van der Waals surface area contributed by atoms with Crippen LogP contribution in [0.15, 0.2) is 23.3 Å². The van der Waals surface area contributed by atoms with Crippen LogP contribution >= 0.6 is 0 Å². The smallest absolute Gasteiger partial charge is 0.0286 e. The van der Waals surface area contributed by atoms with Crippen LogP contribution in [0.3, 0.4) is 0 Å². The first kappa shape index (κ1) is 10.5. The van der Waals surface area contributed by atoms with Crippen LogP contribution in [0.5, 0.6) is 0 Å². The van der Waals surface area contributed by atoms with Crippen molar-refractivity contribution in [1.82, 2.24) is 0 Å². The fourth-order valence-corrected chi connectivity index (χ4v) is 1.07. The van der Waals surface area contributed by atoms with Gasteiger partial charge in [-0.25, -0.2) is 0 Å². The maximum absolute atomic E-state index is 2.30. The van der Waals surface area contributed by atoms with E-state index >= 15 is 0 Å². The summed E-state index contributed by atoms with van der Waals surface area (Å²) in [6.07, 6.45) is 8.18. The lowest BCUT2D eigenvalue weighted by Crippen LogP contribution is -1.79. The van der Waals surface area contributed by atoms with Crippen molar-refractivity contribution < 1.29 is 0 Å².